The monoisotopic (exact) mass is 1380 g/mol. The van der Waals surface area contributed by atoms with Gasteiger partial charge in [0.2, 0.25) is 0 Å². The van der Waals surface area contributed by atoms with Crippen molar-refractivity contribution in [2.24, 2.45) is 0 Å². The van der Waals surface area contributed by atoms with Crippen LogP contribution in [0.15, 0.2) is 12.2 Å². The normalized spacial score (nSPS) is 28.1. The number of phosphoric acid groups is 1. The second kappa shape index (κ2) is 52.6. The number of hydrogen-bond donors (Lipinski definition) is 11. The maximum absolute atomic E-state index is 14.3. The number of carbonyl (C=O) groups is 3. The summed E-state index contributed by atoms with van der Waals surface area (Å²) in [6, 6.07) is 0. The minimum atomic E-state index is -5.69. The number of phosphoric ester groups is 1. The van der Waals surface area contributed by atoms with Crippen LogP contribution in [0.4, 0.5) is 0 Å². The van der Waals surface area contributed by atoms with Gasteiger partial charge in [-0.15, -0.1) is 0 Å². The molecule has 95 heavy (non-hydrogen) atoms. The molecule has 11 N–H and O–H groups in total. The Morgan fingerprint density at radius 2 is 0.737 bits per heavy atom. The number of hydrogen-bond acceptors (Lipinski definition) is 23. The molecule has 0 spiro atoms. The Bertz CT molecular complexity index is 2020. The first kappa shape index (κ1) is 86.9. The van der Waals surface area contributed by atoms with Crippen LogP contribution < -0.4 is 0 Å². The van der Waals surface area contributed by atoms with Crippen LogP contribution in [-0.4, -0.2) is 204 Å². The maximum atomic E-state index is 14.3. The first-order chi connectivity index (χ1) is 45.8. The quantitative estimate of drug-likeness (QED) is 0.00887. The summed E-state index contributed by atoms with van der Waals surface area (Å²) in [6.45, 7) is 3.42. The molecular weight excluding hydrogens is 1260 g/mol. The number of unbranched alkanes of at least 4 members (excludes halogenated alkanes) is 34. The first-order valence-corrected chi connectivity index (χ1v) is 38.5. The standard InChI is InChI=1S/C70H129O24P/c1-4-7-10-13-16-19-22-25-26-28-31-34-37-40-43-46-56(74)89-51(48-86-54(72)44-41-38-35-33-30-27-23-20-17-14-11-8-5-2)49-88-95(84,85)94-68-66(92-69-64(82)59(77)57(75)52(47-71)90-69)62(80)61(79)63(81)67(68)93-70-65(83)60(78)58(76)53(91-70)50-87-55(73)45-42-39-36-32-29-24-21-18-15-12-9-6-3/h19,22,51-53,57-71,75-83H,4-18,20-21,23-50H2,1-3H3,(H,84,85)/b22-19-. The Morgan fingerprint density at radius 1 is 0.400 bits per heavy atom. The molecule has 0 bridgehead atoms. The van der Waals surface area contributed by atoms with Gasteiger partial charge in [0.05, 0.1) is 13.2 Å². The smallest absolute Gasteiger partial charge is 0.463 e. The van der Waals surface area contributed by atoms with Crippen molar-refractivity contribution in [3.63, 3.8) is 0 Å². The van der Waals surface area contributed by atoms with E-state index in [0.29, 0.717) is 19.3 Å². The van der Waals surface area contributed by atoms with E-state index in [9.17, 15) is 74.9 Å². The van der Waals surface area contributed by atoms with Crippen molar-refractivity contribution in [3.05, 3.63) is 12.2 Å². The van der Waals surface area contributed by atoms with E-state index in [0.717, 1.165) is 116 Å². The summed E-state index contributed by atoms with van der Waals surface area (Å²) in [6.07, 6.45) is 10.0. The van der Waals surface area contributed by atoms with Gasteiger partial charge in [0.15, 0.2) is 18.7 Å². The molecule has 2 saturated heterocycles. The molecule has 3 fully saturated rings. The average Bonchev–Trinajstić information content (AvgIpc) is 0.764. The van der Waals surface area contributed by atoms with Gasteiger partial charge in [-0.05, 0) is 44.9 Å². The van der Waals surface area contributed by atoms with E-state index in [-0.39, 0.29) is 19.3 Å². The summed E-state index contributed by atoms with van der Waals surface area (Å²) in [4.78, 5) is 50.9. The van der Waals surface area contributed by atoms with Crippen molar-refractivity contribution in [3.8, 4) is 0 Å². The van der Waals surface area contributed by atoms with Gasteiger partial charge in [0, 0.05) is 19.3 Å². The van der Waals surface area contributed by atoms with Crippen molar-refractivity contribution in [2.45, 2.75) is 388 Å². The highest BCUT2D eigenvalue weighted by Crippen LogP contribution is 2.49. The van der Waals surface area contributed by atoms with Crippen molar-refractivity contribution in [2.75, 3.05) is 26.4 Å². The summed E-state index contributed by atoms with van der Waals surface area (Å²) in [5.41, 5.74) is 0. The minimum Gasteiger partial charge on any atom is -0.463 e. The summed E-state index contributed by atoms with van der Waals surface area (Å²) in [7, 11) is -5.69. The zero-order valence-electron chi connectivity index (χ0n) is 58.0. The molecule has 0 radical (unpaired) electrons. The Hall–Kier alpha value is -2.30. The fourth-order valence-electron chi connectivity index (χ4n) is 12.2. The molecule has 0 amide bonds. The lowest BCUT2D eigenvalue weighted by atomic mass is 9.84. The van der Waals surface area contributed by atoms with Crippen LogP contribution in [0.2, 0.25) is 0 Å². The molecule has 25 heteroatoms. The van der Waals surface area contributed by atoms with Crippen LogP contribution in [0, 0.1) is 0 Å². The second-order valence-electron chi connectivity index (χ2n) is 26.7. The molecule has 3 aliphatic rings. The summed E-state index contributed by atoms with van der Waals surface area (Å²) >= 11 is 0. The van der Waals surface area contributed by atoms with E-state index >= 15 is 0 Å². The Labute approximate surface area is 567 Å². The van der Waals surface area contributed by atoms with Crippen LogP contribution in [0.25, 0.3) is 0 Å². The van der Waals surface area contributed by atoms with Crippen molar-refractivity contribution in [1.82, 2.24) is 0 Å². The highest BCUT2D eigenvalue weighted by atomic mass is 31.2. The van der Waals surface area contributed by atoms with Crippen molar-refractivity contribution >= 4 is 25.7 Å². The second-order valence-corrected chi connectivity index (χ2v) is 28.1. The van der Waals surface area contributed by atoms with E-state index in [4.69, 9.17) is 42.2 Å². The molecule has 0 aromatic rings. The van der Waals surface area contributed by atoms with Gasteiger partial charge >= 0.3 is 25.7 Å². The van der Waals surface area contributed by atoms with Gasteiger partial charge in [0.25, 0.3) is 0 Å². The molecule has 2 heterocycles. The van der Waals surface area contributed by atoms with E-state index in [1.165, 1.54) is 109 Å². The first-order valence-electron chi connectivity index (χ1n) is 37.0. The molecule has 18 unspecified atom stereocenters. The number of rotatable bonds is 57. The van der Waals surface area contributed by atoms with Crippen LogP contribution >= 0.6 is 7.82 Å². The predicted octanol–water partition coefficient (Wildman–Crippen LogP) is 9.57. The van der Waals surface area contributed by atoms with Crippen molar-refractivity contribution < 1.29 is 117 Å². The zero-order valence-corrected chi connectivity index (χ0v) is 58.9. The molecule has 1 aliphatic carbocycles. The van der Waals surface area contributed by atoms with Crippen LogP contribution in [-0.2, 0) is 61.2 Å². The lowest BCUT2D eigenvalue weighted by Gasteiger charge is -2.49. The largest absolute Gasteiger partial charge is 0.472 e. The molecule has 1 saturated carbocycles. The highest BCUT2D eigenvalue weighted by molar-refractivity contribution is 7.47. The fraction of sp³-hybridized carbons (Fsp3) is 0.929. The molecule has 2 aliphatic heterocycles. The summed E-state index contributed by atoms with van der Waals surface area (Å²) in [5.74, 6) is -1.99. The minimum absolute atomic E-state index is 0.0318. The van der Waals surface area contributed by atoms with Crippen LogP contribution in [0.3, 0.4) is 0 Å². The molecule has 3 rings (SSSR count). The van der Waals surface area contributed by atoms with Gasteiger partial charge in [-0.3, -0.25) is 23.4 Å². The Morgan fingerprint density at radius 3 is 1.15 bits per heavy atom. The third kappa shape index (κ3) is 36.2. The summed E-state index contributed by atoms with van der Waals surface area (Å²) in [5, 5.41) is 110. The molecule has 558 valence electrons. The number of aliphatic hydroxyl groups is 10. The van der Waals surface area contributed by atoms with Gasteiger partial charge in [-0.2, -0.15) is 0 Å². The average molecular weight is 1390 g/mol. The van der Waals surface area contributed by atoms with E-state index in [1.54, 1.807) is 0 Å². The number of allylic oxidation sites excluding steroid dienone is 2. The molecule has 18 atom stereocenters. The van der Waals surface area contributed by atoms with Gasteiger partial charge in [0.1, 0.15) is 98.7 Å². The lowest BCUT2D eigenvalue weighted by molar-refractivity contribution is -0.360. The third-order valence-electron chi connectivity index (χ3n) is 18.3. The lowest BCUT2D eigenvalue weighted by Crippen LogP contribution is -2.69. The number of carbonyl (C=O) groups excluding carboxylic acids is 3. The van der Waals surface area contributed by atoms with E-state index in [2.05, 4.69) is 32.9 Å². The van der Waals surface area contributed by atoms with E-state index in [1.807, 2.05) is 0 Å². The van der Waals surface area contributed by atoms with Gasteiger partial charge < -0.3 is 89.1 Å². The maximum Gasteiger partial charge on any atom is 0.472 e. The molecular formula is C70H129O24P. The van der Waals surface area contributed by atoms with Crippen LogP contribution in [0.5, 0.6) is 0 Å². The Balaban J connectivity index is 1.75. The third-order valence-corrected chi connectivity index (χ3v) is 19.3. The topological polar surface area (TPSA) is 374 Å². The van der Waals surface area contributed by atoms with Gasteiger partial charge in [-0.1, -0.05) is 232 Å². The highest BCUT2D eigenvalue weighted by Gasteiger charge is 2.58. The van der Waals surface area contributed by atoms with Gasteiger partial charge in [-0.25, -0.2) is 4.57 Å². The number of esters is 3. The van der Waals surface area contributed by atoms with Crippen molar-refractivity contribution in [1.29, 1.82) is 0 Å². The molecule has 24 nitrogen and oxygen atoms in total. The summed E-state index contributed by atoms with van der Waals surface area (Å²) < 4.78 is 64.9. The van der Waals surface area contributed by atoms with E-state index < -0.39 is 156 Å². The molecule has 0 aromatic carbocycles. The number of aliphatic hydroxyl groups excluding tert-OH is 10. The SMILES string of the molecule is CCCCCC/C=C\CCCCCCCCCC(=O)OC(COC(=O)CCCCCCCCCCCCCCC)COP(=O)(O)OC1C(OC2OC(CO)C(O)C(O)C2O)C(O)C(O)C(O)C1OC1OC(COC(=O)CCCCCCCCCCCCCC)C(O)C(O)C1O. The predicted molar refractivity (Wildman–Crippen MR) is 356 cm³/mol. The fourth-order valence-corrected chi connectivity index (χ4v) is 13.2. The zero-order chi connectivity index (χ0) is 69.6. The number of ether oxygens (including phenoxy) is 7. The van der Waals surface area contributed by atoms with Crippen LogP contribution in [0.1, 0.15) is 284 Å². The Kier molecular flexibility index (Phi) is 48.2. The molecule has 0 aromatic heterocycles.